The van der Waals surface area contributed by atoms with Gasteiger partial charge in [0.05, 0.1) is 11.9 Å². The van der Waals surface area contributed by atoms with Gasteiger partial charge in [-0.2, -0.15) is 0 Å². The van der Waals surface area contributed by atoms with Gasteiger partial charge in [-0.3, -0.25) is 0 Å². The fourth-order valence-corrected chi connectivity index (χ4v) is 1.28. The standard InChI is InChI=1S/C10H18N2O/c1-4-13-10(2,3)5-7-12-8-6-11-9-12/h6,8-9H,4-5,7H2,1-3H3. The molecule has 3 nitrogen and oxygen atoms in total. The van der Waals surface area contributed by atoms with Gasteiger partial charge in [0.2, 0.25) is 0 Å². The summed E-state index contributed by atoms with van der Waals surface area (Å²) < 4.78 is 7.66. The first-order chi connectivity index (χ1) is 6.14. The zero-order chi connectivity index (χ0) is 9.73. The Balaban J connectivity index is 2.33. The molecule has 0 aromatic carbocycles. The van der Waals surface area contributed by atoms with Gasteiger partial charge in [-0.15, -0.1) is 0 Å². The van der Waals surface area contributed by atoms with Crippen molar-refractivity contribution >= 4 is 0 Å². The Hall–Kier alpha value is -0.830. The molecule has 0 radical (unpaired) electrons. The number of hydrogen-bond acceptors (Lipinski definition) is 2. The molecule has 0 amide bonds. The smallest absolute Gasteiger partial charge is 0.0945 e. The van der Waals surface area contributed by atoms with Crippen LogP contribution in [-0.2, 0) is 11.3 Å². The number of rotatable bonds is 5. The molecule has 1 aromatic heterocycles. The molecule has 0 atom stereocenters. The second-order valence-corrected chi connectivity index (χ2v) is 3.74. The molecule has 1 rings (SSSR count). The zero-order valence-corrected chi connectivity index (χ0v) is 8.66. The highest BCUT2D eigenvalue weighted by atomic mass is 16.5. The van der Waals surface area contributed by atoms with Gasteiger partial charge in [0.15, 0.2) is 0 Å². The molecule has 1 aromatic rings. The van der Waals surface area contributed by atoms with Crippen LogP contribution in [0.2, 0.25) is 0 Å². The van der Waals surface area contributed by atoms with Gasteiger partial charge < -0.3 is 9.30 Å². The highest BCUT2D eigenvalue weighted by molar-refractivity contribution is 4.76. The molecular weight excluding hydrogens is 164 g/mol. The summed E-state index contributed by atoms with van der Waals surface area (Å²) in [7, 11) is 0. The number of aryl methyl sites for hydroxylation is 1. The molecule has 74 valence electrons. The van der Waals surface area contributed by atoms with Crippen LogP contribution in [0.1, 0.15) is 27.2 Å². The molecule has 0 aliphatic carbocycles. The molecule has 0 saturated heterocycles. The molecule has 3 heteroatoms. The third kappa shape index (κ3) is 3.59. The number of nitrogens with zero attached hydrogens (tertiary/aromatic N) is 2. The van der Waals surface area contributed by atoms with E-state index in [2.05, 4.69) is 23.4 Å². The highest BCUT2D eigenvalue weighted by Crippen LogP contribution is 2.14. The number of aromatic nitrogens is 2. The predicted octanol–water partition coefficient (Wildman–Crippen LogP) is 2.09. The molecule has 0 aliphatic heterocycles. The van der Waals surface area contributed by atoms with Gasteiger partial charge in [-0.05, 0) is 27.2 Å². The van der Waals surface area contributed by atoms with E-state index < -0.39 is 0 Å². The van der Waals surface area contributed by atoms with Gasteiger partial charge in [0.25, 0.3) is 0 Å². The Bertz CT molecular complexity index is 229. The third-order valence-electron chi connectivity index (χ3n) is 2.07. The first kappa shape index (κ1) is 10.3. The van der Waals surface area contributed by atoms with Crippen molar-refractivity contribution in [3.05, 3.63) is 18.7 Å². The van der Waals surface area contributed by atoms with E-state index in [4.69, 9.17) is 4.74 Å². The number of ether oxygens (including phenoxy) is 1. The van der Waals surface area contributed by atoms with Crippen LogP contribution in [0.25, 0.3) is 0 Å². The van der Waals surface area contributed by atoms with E-state index in [1.165, 1.54) is 0 Å². The van der Waals surface area contributed by atoms with Crippen molar-refractivity contribution < 1.29 is 4.74 Å². The lowest BCUT2D eigenvalue weighted by Crippen LogP contribution is -2.26. The van der Waals surface area contributed by atoms with Crippen molar-refractivity contribution in [3.63, 3.8) is 0 Å². The average Bonchev–Trinajstić information content (AvgIpc) is 2.52. The van der Waals surface area contributed by atoms with Crippen molar-refractivity contribution in [2.24, 2.45) is 0 Å². The summed E-state index contributed by atoms with van der Waals surface area (Å²) >= 11 is 0. The third-order valence-corrected chi connectivity index (χ3v) is 2.07. The minimum Gasteiger partial charge on any atom is -0.376 e. The van der Waals surface area contributed by atoms with Crippen LogP contribution in [0.4, 0.5) is 0 Å². The van der Waals surface area contributed by atoms with Crippen LogP contribution in [-0.4, -0.2) is 21.8 Å². The second-order valence-electron chi connectivity index (χ2n) is 3.74. The molecule has 0 fully saturated rings. The predicted molar refractivity (Wildman–Crippen MR) is 52.5 cm³/mol. The fourth-order valence-electron chi connectivity index (χ4n) is 1.28. The van der Waals surface area contributed by atoms with Gasteiger partial charge in [0, 0.05) is 25.5 Å². The Labute approximate surface area is 79.7 Å². The quantitative estimate of drug-likeness (QED) is 0.697. The maximum Gasteiger partial charge on any atom is 0.0945 e. The Morgan fingerprint density at radius 1 is 1.46 bits per heavy atom. The highest BCUT2D eigenvalue weighted by Gasteiger charge is 2.16. The van der Waals surface area contributed by atoms with E-state index in [9.17, 15) is 0 Å². The minimum absolute atomic E-state index is 0.0287. The molecule has 0 spiro atoms. The second kappa shape index (κ2) is 4.42. The molecule has 0 unspecified atom stereocenters. The summed E-state index contributed by atoms with van der Waals surface area (Å²) in [4.78, 5) is 3.99. The van der Waals surface area contributed by atoms with Gasteiger partial charge in [-0.25, -0.2) is 4.98 Å². The van der Waals surface area contributed by atoms with Crippen LogP contribution in [0.3, 0.4) is 0 Å². The van der Waals surface area contributed by atoms with E-state index in [1.54, 1.807) is 6.20 Å². The average molecular weight is 182 g/mol. The van der Waals surface area contributed by atoms with Crippen LogP contribution in [0.5, 0.6) is 0 Å². The van der Waals surface area contributed by atoms with Crippen LogP contribution < -0.4 is 0 Å². The van der Waals surface area contributed by atoms with Crippen molar-refractivity contribution in [2.75, 3.05) is 6.61 Å². The van der Waals surface area contributed by atoms with E-state index in [1.807, 2.05) is 19.4 Å². The molecule has 13 heavy (non-hydrogen) atoms. The lowest BCUT2D eigenvalue weighted by atomic mass is 10.1. The summed E-state index contributed by atoms with van der Waals surface area (Å²) in [5.41, 5.74) is -0.0287. The summed E-state index contributed by atoms with van der Waals surface area (Å²) in [5.74, 6) is 0. The first-order valence-corrected chi connectivity index (χ1v) is 4.74. The van der Waals surface area contributed by atoms with Crippen molar-refractivity contribution in [3.8, 4) is 0 Å². The normalized spacial score (nSPS) is 11.9. The molecule has 0 bridgehead atoms. The van der Waals surface area contributed by atoms with Gasteiger partial charge in [0.1, 0.15) is 0 Å². The minimum atomic E-state index is -0.0287. The molecule has 0 saturated carbocycles. The summed E-state index contributed by atoms with van der Waals surface area (Å²) in [6.45, 7) is 8.00. The Kier molecular flexibility index (Phi) is 3.48. The first-order valence-electron chi connectivity index (χ1n) is 4.74. The molecular formula is C10H18N2O. The monoisotopic (exact) mass is 182 g/mol. The Morgan fingerprint density at radius 3 is 2.77 bits per heavy atom. The number of imidazole rings is 1. The lowest BCUT2D eigenvalue weighted by Gasteiger charge is -2.24. The lowest BCUT2D eigenvalue weighted by molar-refractivity contribution is -0.0189. The number of hydrogen-bond donors (Lipinski definition) is 0. The van der Waals surface area contributed by atoms with Gasteiger partial charge in [-0.1, -0.05) is 0 Å². The van der Waals surface area contributed by atoms with E-state index in [0.29, 0.717) is 0 Å². The molecule has 0 N–H and O–H groups in total. The van der Waals surface area contributed by atoms with Gasteiger partial charge >= 0.3 is 0 Å². The molecule has 0 aliphatic rings. The van der Waals surface area contributed by atoms with E-state index in [-0.39, 0.29) is 5.60 Å². The maximum absolute atomic E-state index is 5.59. The maximum atomic E-state index is 5.59. The summed E-state index contributed by atoms with van der Waals surface area (Å²) in [6.07, 6.45) is 6.62. The van der Waals surface area contributed by atoms with Crippen molar-refractivity contribution in [2.45, 2.75) is 39.3 Å². The summed E-state index contributed by atoms with van der Waals surface area (Å²) in [6, 6.07) is 0. The van der Waals surface area contributed by atoms with E-state index >= 15 is 0 Å². The van der Waals surface area contributed by atoms with Crippen LogP contribution in [0.15, 0.2) is 18.7 Å². The van der Waals surface area contributed by atoms with Crippen molar-refractivity contribution in [1.82, 2.24) is 9.55 Å². The largest absolute Gasteiger partial charge is 0.376 e. The van der Waals surface area contributed by atoms with Crippen LogP contribution in [0, 0.1) is 0 Å². The van der Waals surface area contributed by atoms with E-state index in [0.717, 1.165) is 19.6 Å². The SMILES string of the molecule is CCOC(C)(C)CCn1ccnc1. The topological polar surface area (TPSA) is 27.1 Å². The fraction of sp³-hybridized carbons (Fsp3) is 0.700. The summed E-state index contributed by atoms with van der Waals surface area (Å²) in [5, 5.41) is 0. The Morgan fingerprint density at radius 2 is 2.23 bits per heavy atom. The zero-order valence-electron chi connectivity index (χ0n) is 8.66. The molecule has 1 heterocycles. The van der Waals surface area contributed by atoms with Crippen molar-refractivity contribution in [1.29, 1.82) is 0 Å². The van der Waals surface area contributed by atoms with Crippen LogP contribution >= 0.6 is 0 Å².